The first kappa shape index (κ1) is 22.4. The number of aryl methyl sites for hydroxylation is 1. The van der Waals surface area contributed by atoms with Gasteiger partial charge < -0.3 is 24.3 Å². The van der Waals surface area contributed by atoms with Crippen LogP contribution in [-0.4, -0.2) is 52.5 Å². The predicted molar refractivity (Wildman–Crippen MR) is 120 cm³/mol. The fourth-order valence-corrected chi connectivity index (χ4v) is 3.34. The maximum atomic E-state index is 13.0. The van der Waals surface area contributed by atoms with Crippen molar-refractivity contribution in [3.8, 4) is 17.2 Å². The topological polar surface area (TPSA) is 90.4 Å². The molecule has 0 saturated carbocycles. The molecule has 8 nitrogen and oxygen atoms in total. The Hall–Kier alpha value is -3.26. The second-order valence-corrected chi connectivity index (χ2v) is 7.19. The van der Waals surface area contributed by atoms with Crippen LogP contribution in [0.25, 0.3) is 0 Å². The van der Waals surface area contributed by atoms with Crippen LogP contribution in [0.3, 0.4) is 0 Å². The van der Waals surface area contributed by atoms with Gasteiger partial charge in [0.05, 0.1) is 34.0 Å². The number of anilines is 1. The van der Waals surface area contributed by atoms with E-state index in [4.69, 9.17) is 18.9 Å². The molecule has 2 aromatic carbocycles. The Balaban J connectivity index is 1.83. The minimum atomic E-state index is -0.356. The zero-order valence-corrected chi connectivity index (χ0v) is 18.4. The minimum absolute atomic E-state index is 0.0624. The summed E-state index contributed by atoms with van der Waals surface area (Å²) in [6.45, 7) is 3.21. The van der Waals surface area contributed by atoms with Crippen molar-refractivity contribution >= 4 is 17.6 Å². The normalized spacial score (nSPS) is 16.0. The zero-order chi connectivity index (χ0) is 22.2. The van der Waals surface area contributed by atoms with Gasteiger partial charge in [0.25, 0.3) is 5.91 Å². The highest BCUT2D eigenvalue weighted by atomic mass is 16.5. The molecule has 1 saturated heterocycles. The Morgan fingerprint density at radius 3 is 2.45 bits per heavy atom. The molecule has 2 aromatic rings. The molecule has 31 heavy (non-hydrogen) atoms. The fourth-order valence-electron chi connectivity index (χ4n) is 3.34. The van der Waals surface area contributed by atoms with Crippen molar-refractivity contribution in [3.63, 3.8) is 0 Å². The molecule has 1 aliphatic heterocycles. The summed E-state index contributed by atoms with van der Waals surface area (Å²) in [4.78, 5) is 17.6. The van der Waals surface area contributed by atoms with Crippen molar-refractivity contribution in [2.75, 3.05) is 39.8 Å². The lowest BCUT2D eigenvalue weighted by Crippen LogP contribution is -2.36. The maximum absolute atomic E-state index is 13.0. The van der Waals surface area contributed by atoms with E-state index in [2.05, 4.69) is 15.6 Å². The number of nitrogens with zero attached hydrogens (tertiary/aromatic N) is 1. The zero-order valence-electron chi connectivity index (χ0n) is 18.4. The molecule has 8 heteroatoms. The van der Waals surface area contributed by atoms with Gasteiger partial charge in [0.15, 0.2) is 11.5 Å². The number of amides is 1. The van der Waals surface area contributed by atoms with Gasteiger partial charge in [-0.1, -0.05) is 12.1 Å². The molecule has 1 fully saturated rings. The van der Waals surface area contributed by atoms with E-state index in [0.29, 0.717) is 35.3 Å². The summed E-state index contributed by atoms with van der Waals surface area (Å²) in [6, 6.07) is 11.0. The van der Waals surface area contributed by atoms with Gasteiger partial charge in [-0.15, -0.1) is 0 Å². The highest BCUT2D eigenvalue weighted by Crippen LogP contribution is 2.38. The van der Waals surface area contributed by atoms with Crippen LogP contribution in [0, 0.1) is 6.92 Å². The molecule has 1 heterocycles. The summed E-state index contributed by atoms with van der Waals surface area (Å²) in [6.07, 6.45) is 2.05. The minimum Gasteiger partial charge on any atom is -0.493 e. The van der Waals surface area contributed by atoms with E-state index in [-0.39, 0.29) is 12.0 Å². The number of aliphatic imine (C=N–C) groups is 1. The monoisotopic (exact) mass is 427 g/mol. The molecule has 0 unspecified atom stereocenters. The molecule has 0 bridgehead atoms. The average molecular weight is 428 g/mol. The molecular weight excluding hydrogens is 398 g/mol. The van der Waals surface area contributed by atoms with Gasteiger partial charge in [-0.05, 0) is 49.6 Å². The number of nitrogens with one attached hydrogen (secondary N) is 2. The molecule has 166 valence electrons. The molecule has 0 aromatic heterocycles. The summed E-state index contributed by atoms with van der Waals surface area (Å²) in [7, 11) is 4.53. The first-order valence-corrected chi connectivity index (χ1v) is 10.1. The van der Waals surface area contributed by atoms with E-state index in [1.165, 1.54) is 21.3 Å². The quantitative estimate of drug-likeness (QED) is 0.520. The Morgan fingerprint density at radius 1 is 1.13 bits per heavy atom. The van der Waals surface area contributed by atoms with Crippen LogP contribution < -0.4 is 24.8 Å². The smallest absolute Gasteiger partial charge is 0.258 e. The van der Waals surface area contributed by atoms with Gasteiger partial charge in [0, 0.05) is 17.9 Å². The molecule has 1 aliphatic rings. The van der Waals surface area contributed by atoms with E-state index in [9.17, 15) is 4.79 Å². The molecule has 0 radical (unpaired) electrons. The van der Waals surface area contributed by atoms with Gasteiger partial charge in [-0.25, -0.2) is 4.99 Å². The number of hydrogen-bond acceptors (Lipinski definition) is 6. The van der Waals surface area contributed by atoms with Crippen LogP contribution >= 0.6 is 0 Å². The van der Waals surface area contributed by atoms with Crippen molar-refractivity contribution in [1.29, 1.82) is 0 Å². The summed E-state index contributed by atoms with van der Waals surface area (Å²) in [5, 5.41) is 6.06. The Morgan fingerprint density at radius 2 is 1.87 bits per heavy atom. The van der Waals surface area contributed by atoms with E-state index in [1.54, 1.807) is 12.1 Å². The average Bonchev–Trinajstić information content (AvgIpc) is 3.30. The number of carbonyl (C=O) groups excluding carboxylic acids is 1. The second kappa shape index (κ2) is 10.7. The van der Waals surface area contributed by atoms with E-state index in [0.717, 1.165) is 30.7 Å². The fraction of sp³-hybridized carbons (Fsp3) is 0.391. The lowest BCUT2D eigenvalue weighted by Gasteiger charge is -2.16. The summed E-state index contributed by atoms with van der Waals surface area (Å²) in [5.41, 5.74) is 2.28. The number of hydrogen-bond donors (Lipinski definition) is 2. The summed E-state index contributed by atoms with van der Waals surface area (Å²) in [5.74, 6) is 1.21. The number of methoxy groups -OCH3 is 3. The largest absolute Gasteiger partial charge is 0.493 e. The molecule has 3 rings (SSSR count). The Kier molecular flexibility index (Phi) is 7.72. The van der Waals surface area contributed by atoms with Gasteiger partial charge >= 0.3 is 0 Å². The number of rotatable bonds is 7. The molecule has 1 amide bonds. The highest BCUT2D eigenvalue weighted by Gasteiger charge is 2.19. The van der Waals surface area contributed by atoms with Crippen LogP contribution in [0.1, 0.15) is 28.8 Å². The van der Waals surface area contributed by atoms with Crippen molar-refractivity contribution in [2.45, 2.75) is 25.9 Å². The molecule has 0 aliphatic carbocycles. The van der Waals surface area contributed by atoms with Crippen LogP contribution in [0.5, 0.6) is 17.2 Å². The number of guanidine groups is 1. The van der Waals surface area contributed by atoms with E-state index in [1.807, 2.05) is 31.2 Å². The van der Waals surface area contributed by atoms with Crippen LogP contribution in [0.15, 0.2) is 41.4 Å². The lowest BCUT2D eigenvalue weighted by atomic mass is 10.1. The van der Waals surface area contributed by atoms with Gasteiger partial charge in [0.1, 0.15) is 0 Å². The van der Waals surface area contributed by atoms with Crippen molar-refractivity contribution < 1.29 is 23.7 Å². The Bertz CT molecular complexity index is 914. The van der Waals surface area contributed by atoms with Gasteiger partial charge in [-0.2, -0.15) is 0 Å². The van der Waals surface area contributed by atoms with Gasteiger partial charge in [-0.3, -0.25) is 10.1 Å². The van der Waals surface area contributed by atoms with E-state index < -0.39 is 0 Å². The predicted octanol–water partition coefficient (Wildman–Crippen LogP) is 3.40. The van der Waals surface area contributed by atoms with Crippen LogP contribution in [0.4, 0.5) is 5.69 Å². The molecular formula is C23H29N3O5. The first-order chi connectivity index (χ1) is 15.0. The third kappa shape index (κ3) is 5.88. The maximum Gasteiger partial charge on any atom is 0.258 e. The Labute approximate surface area is 182 Å². The second-order valence-electron chi connectivity index (χ2n) is 7.19. The number of ether oxygens (including phenoxy) is 4. The number of carbonyl (C=O) groups is 1. The first-order valence-electron chi connectivity index (χ1n) is 10.1. The van der Waals surface area contributed by atoms with Crippen LogP contribution in [-0.2, 0) is 4.74 Å². The summed E-state index contributed by atoms with van der Waals surface area (Å²) >= 11 is 0. The SMILES string of the molecule is COc1cc(C(=O)NC(=NC[C@H]2CCCO2)Nc2cccc(C)c2)cc(OC)c1OC. The van der Waals surface area contributed by atoms with Crippen LogP contribution in [0.2, 0.25) is 0 Å². The number of benzene rings is 2. The lowest BCUT2D eigenvalue weighted by molar-refractivity contribution is 0.0974. The third-order valence-electron chi connectivity index (χ3n) is 4.92. The summed E-state index contributed by atoms with van der Waals surface area (Å²) < 4.78 is 21.7. The van der Waals surface area contributed by atoms with E-state index >= 15 is 0 Å². The highest BCUT2D eigenvalue weighted by molar-refractivity contribution is 6.10. The van der Waals surface area contributed by atoms with Crippen molar-refractivity contribution in [1.82, 2.24) is 5.32 Å². The molecule has 0 spiro atoms. The van der Waals surface area contributed by atoms with Gasteiger partial charge in [0.2, 0.25) is 11.7 Å². The van der Waals surface area contributed by atoms with Crippen molar-refractivity contribution in [3.05, 3.63) is 47.5 Å². The third-order valence-corrected chi connectivity index (χ3v) is 4.92. The molecule has 2 N–H and O–H groups in total. The molecule has 1 atom stereocenters. The standard InChI is InChI=1S/C23H29N3O5/c1-15-7-5-8-17(11-15)25-23(24-14-18-9-6-10-31-18)26-22(27)16-12-19(28-2)21(30-4)20(13-16)29-3/h5,7-8,11-13,18H,6,9-10,14H2,1-4H3,(H2,24,25,26,27)/t18-/m1/s1. The van der Waals surface area contributed by atoms with Crippen molar-refractivity contribution in [2.24, 2.45) is 4.99 Å².